The molecule has 0 aliphatic rings. The number of halogens is 2. The van der Waals surface area contributed by atoms with Crippen LogP contribution in [0.25, 0.3) is 33.7 Å². The van der Waals surface area contributed by atoms with Gasteiger partial charge in [-0.15, -0.1) is 0 Å². The van der Waals surface area contributed by atoms with Crippen molar-refractivity contribution in [3.63, 3.8) is 0 Å². The fraction of sp³-hybridized carbons (Fsp3) is 0. The van der Waals surface area contributed by atoms with Gasteiger partial charge in [-0.1, -0.05) is 62.2 Å². The Morgan fingerprint density at radius 1 is 0.739 bits per heavy atom. The minimum atomic E-state index is 0.627. The molecule has 0 atom stereocenters. The largest absolute Gasteiger partial charge is 0.436 e. The van der Waals surface area contributed by atoms with Crippen LogP contribution in [0.1, 0.15) is 0 Å². The van der Waals surface area contributed by atoms with Crippen LogP contribution in [-0.2, 0) is 0 Å². The van der Waals surface area contributed by atoms with E-state index in [0.29, 0.717) is 5.89 Å². The number of benzene rings is 3. The molecule has 0 unspecified atom stereocenters. The van der Waals surface area contributed by atoms with Gasteiger partial charge in [-0.25, -0.2) is 4.98 Å². The van der Waals surface area contributed by atoms with Crippen LogP contribution >= 0.6 is 31.9 Å². The third-order valence-electron chi connectivity index (χ3n) is 3.64. The van der Waals surface area contributed by atoms with Crippen molar-refractivity contribution in [1.82, 2.24) is 4.98 Å². The molecule has 1 heterocycles. The molecular weight excluding hydrogens is 418 g/mol. The first kappa shape index (κ1) is 14.7. The van der Waals surface area contributed by atoms with Crippen molar-refractivity contribution >= 4 is 43.0 Å². The molecule has 23 heavy (non-hydrogen) atoms. The lowest BCUT2D eigenvalue weighted by Crippen LogP contribution is -1.86. The Kier molecular flexibility index (Phi) is 3.79. The number of aromatic nitrogens is 1. The zero-order chi connectivity index (χ0) is 15.8. The van der Waals surface area contributed by atoms with Crippen molar-refractivity contribution < 1.29 is 4.42 Å². The van der Waals surface area contributed by atoms with Gasteiger partial charge in [0.05, 0.1) is 0 Å². The average Bonchev–Trinajstić information content (AvgIpc) is 2.98. The van der Waals surface area contributed by atoms with E-state index < -0.39 is 0 Å². The molecule has 4 aromatic rings. The lowest BCUT2D eigenvalue weighted by molar-refractivity contribution is 0.620. The van der Waals surface area contributed by atoms with E-state index in [-0.39, 0.29) is 0 Å². The van der Waals surface area contributed by atoms with E-state index in [4.69, 9.17) is 4.42 Å². The second kappa shape index (κ2) is 5.95. The number of para-hydroxylation sites is 2. The average molecular weight is 429 g/mol. The molecule has 0 aliphatic carbocycles. The van der Waals surface area contributed by atoms with Gasteiger partial charge in [-0.2, -0.15) is 0 Å². The topological polar surface area (TPSA) is 26.0 Å². The van der Waals surface area contributed by atoms with Crippen LogP contribution < -0.4 is 0 Å². The van der Waals surface area contributed by atoms with E-state index >= 15 is 0 Å². The summed E-state index contributed by atoms with van der Waals surface area (Å²) in [5.74, 6) is 0.627. The molecule has 2 nitrogen and oxygen atoms in total. The van der Waals surface area contributed by atoms with Crippen LogP contribution in [0, 0.1) is 0 Å². The van der Waals surface area contributed by atoms with Gasteiger partial charge in [0.2, 0.25) is 5.89 Å². The Morgan fingerprint density at radius 3 is 2.39 bits per heavy atom. The smallest absolute Gasteiger partial charge is 0.227 e. The number of fused-ring (bicyclic) bond motifs is 1. The molecule has 0 fully saturated rings. The highest BCUT2D eigenvalue weighted by atomic mass is 79.9. The zero-order valence-corrected chi connectivity index (χ0v) is 15.1. The number of rotatable bonds is 2. The quantitative estimate of drug-likeness (QED) is 0.355. The molecule has 0 saturated carbocycles. The molecule has 0 aliphatic heterocycles. The molecule has 0 N–H and O–H groups in total. The molecule has 4 rings (SSSR count). The SMILES string of the molecule is Brc1cccc(-c2ccc(Br)cc2-c2nc3ccccc3o2)c1. The third-order valence-corrected chi connectivity index (χ3v) is 4.63. The molecule has 0 spiro atoms. The van der Waals surface area contributed by atoms with Gasteiger partial charge >= 0.3 is 0 Å². The van der Waals surface area contributed by atoms with Crippen molar-refractivity contribution in [3.05, 3.63) is 75.7 Å². The standard InChI is InChI=1S/C19H11Br2NO/c20-13-5-3-4-12(10-13)15-9-8-14(21)11-16(15)19-22-17-6-1-2-7-18(17)23-19/h1-11H. The van der Waals surface area contributed by atoms with E-state index in [0.717, 1.165) is 36.7 Å². The molecule has 0 saturated heterocycles. The maximum atomic E-state index is 5.96. The normalized spacial score (nSPS) is 11.0. The minimum Gasteiger partial charge on any atom is -0.436 e. The van der Waals surface area contributed by atoms with Crippen molar-refractivity contribution in [3.8, 4) is 22.6 Å². The predicted octanol–water partition coefficient (Wildman–Crippen LogP) is 6.69. The lowest BCUT2D eigenvalue weighted by atomic mass is 10.00. The first-order valence-electron chi connectivity index (χ1n) is 7.12. The molecule has 0 amide bonds. The molecule has 0 bridgehead atoms. The van der Waals surface area contributed by atoms with E-state index in [1.54, 1.807) is 0 Å². The van der Waals surface area contributed by atoms with E-state index in [2.05, 4.69) is 55.0 Å². The van der Waals surface area contributed by atoms with Gasteiger partial charge in [0, 0.05) is 14.5 Å². The molecule has 112 valence electrons. The van der Waals surface area contributed by atoms with Crippen LogP contribution in [0.4, 0.5) is 0 Å². The van der Waals surface area contributed by atoms with Gasteiger partial charge in [0.25, 0.3) is 0 Å². The summed E-state index contributed by atoms with van der Waals surface area (Å²) in [5.41, 5.74) is 4.82. The van der Waals surface area contributed by atoms with Crippen molar-refractivity contribution in [2.24, 2.45) is 0 Å². The van der Waals surface area contributed by atoms with Gasteiger partial charge in [0.15, 0.2) is 5.58 Å². The predicted molar refractivity (Wildman–Crippen MR) is 100 cm³/mol. The van der Waals surface area contributed by atoms with Crippen LogP contribution in [0.2, 0.25) is 0 Å². The molecule has 1 aromatic heterocycles. The van der Waals surface area contributed by atoms with Gasteiger partial charge in [0.1, 0.15) is 5.52 Å². The van der Waals surface area contributed by atoms with Crippen LogP contribution in [0.5, 0.6) is 0 Å². The monoisotopic (exact) mass is 427 g/mol. The summed E-state index contributed by atoms with van der Waals surface area (Å²) in [6.45, 7) is 0. The first-order chi connectivity index (χ1) is 11.2. The van der Waals surface area contributed by atoms with Crippen molar-refractivity contribution in [2.45, 2.75) is 0 Å². The van der Waals surface area contributed by atoms with E-state index in [1.807, 2.05) is 48.5 Å². The number of nitrogens with zero attached hydrogens (tertiary/aromatic N) is 1. The summed E-state index contributed by atoms with van der Waals surface area (Å²) in [6.07, 6.45) is 0. The number of oxazole rings is 1. The molecule has 0 radical (unpaired) electrons. The highest BCUT2D eigenvalue weighted by Crippen LogP contribution is 2.36. The van der Waals surface area contributed by atoms with Gasteiger partial charge in [-0.05, 0) is 47.5 Å². The second-order valence-corrected chi connectivity index (χ2v) is 7.02. The van der Waals surface area contributed by atoms with Crippen molar-refractivity contribution in [2.75, 3.05) is 0 Å². The lowest BCUT2D eigenvalue weighted by Gasteiger charge is -2.08. The van der Waals surface area contributed by atoms with Crippen LogP contribution in [-0.4, -0.2) is 4.98 Å². The summed E-state index contributed by atoms with van der Waals surface area (Å²) in [5, 5.41) is 0. The number of hydrogen-bond donors (Lipinski definition) is 0. The summed E-state index contributed by atoms with van der Waals surface area (Å²) >= 11 is 7.08. The van der Waals surface area contributed by atoms with Gasteiger partial charge in [-0.3, -0.25) is 0 Å². The highest BCUT2D eigenvalue weighted by molar-refractivity contribution is 9.10. The summed E-state index contributed by atoms with van der Waals surface area (Å²) < 4.78 is 7.99. The van der Waals surface area contributed by atoms with Crippen LogP contribution in [0.3, 0.4) is 0 Å². The minimum absolute atomic E-state index is 0.627. The van der Waals surface area contributed by atoms with E-state index in [1.165, 1.54) is 0 Å². The summed E-state index contributed by atoms with van der Waals surface area (Å²) in [4.78, 5) is 4.63. The Balaban J connectivity index is 1.95. The number of hydrogen-bond acceptors (Lipinski definition) is 2. The Morgan fingerprint density at radius 2 is 1.57 bits per heavy atom. The Hall–Kier alpha value is -1.91. The zero-order valence-electron chi connectivity index (χ0n) is 12.0. The van der Waals surface area contributed by atoms with Gasteiger partial charge < -0.3 is 4.42 Å². The summed E-state index contributed by atoms with van der Waals surface area (Å²) in [7, 11) is 0. The first-order valence-corrected chi connectivity index (χ1v) is 8.71. The Bertz CT molecular complexity index is 974. The second-order valence-electron chi connectivity index (χ2n) is 5.19. The fourth-order valence-electron chi connectivity index (χ4n) is 2.59. The maximum Gasteiger partial charge on any atom is 0.227 e. The Labute approximate surface area is 150 Å². The molecular formula is C19H11Br2NO. The summed E-state index contributed by atoms with van der Waals surface area (Å²) in [6, 6.07) is 22.2. The molecule has 4 heteroatoms. The van der Waals surface area contributed by atoms with Crippen molar-refractivity contribution in [1.29, 1.82) is 0 Å². The third kappa shape index (κ3) is 2.84. The highest BCUT2D eigenvalue weighted by Gasteiger charge is 2.14. The molecule has 3 aromatic carbocycles. The fourth-order valence-corrected chi connectivity index (χ4v) is 3.35. The van der Waals surface area contributed by atoms with Crippen LogP contribution in [0.15, 0.2) is 80.1 Å². The maximum absolute atomic E-state index is 5.96. The van der Waals surface area contributed by atoms with E-state index in [9.17, 15) is 0 Å².